The molecule has 2 aromatic rings. The summed E-state index contributed by atoms with van der Waals surface area (Å²) in [7, 11) is 0. The summed E-state index contributed by atoms with van der Waals surface area (Å²) in [6.07, 6.45) is -0.177. The monoisotopic (exact) mass is 366 g/mol. The van der Waals surface area contributed by atoms with Gasteiger partial charge in [-0.1, -0.05) is 23.7 Å². The smallest absolute Gasteiger partial charge is 0.310 e. The third kappa shape index (κ3) is 5.54. The fourth-order valence-electron chi connectivity index (χ4n) is 1.92. The quantitative estimate of drug-likeness (QED) is 0.481. The first-order valence-electron chi connectivity index (χ1n) is 6.99. The number of carbonyl (C=O) groups excluding carboxylic acids is 2. The third-order valence-corrected chi connectivity index (χ3v) is 3.35. The molecule has 1 amide bonds. The van der Waals surface area contributed by atoms with Crippen LogP contribution >= 0.6 is 11.6 Å². The summed E-state index contributed by atoms with van der Waals surface area (Å²) in [4.78, 5) is 33.4. The van der Waals surface area contributed by atoms with Crippen molar-refractivity contribution in [2.75, 3.05) is 11.9 Å². The zero-order chi connectivity index (χ0) is 18.4. The van der Waals surface area contributed by atoms with Gasteiger partial charge >= 0.3 is 5.97 Å². The summed E-state index contributed by atoms with van der Waals surface area (Å²) in [5.41, 5.74) is 0.354. The lowest BCUT2D eigenvalue weighted by Crippen LogP contribution is -2.21. The van der Waals surface area contributed by atoms with Gasteiger partial charge in [-0.2, -0.15) is 0 Å². The molecular formula is C16H12ClFN2O5. The minimum atomic E-state index is -0.699. The molecule has 0 aliphatic rings. The Morgan fingerprint density at radius 3 is 2.64 bits per heavy atom. The minimum absolute atomic E-state index is 0.0198. The van der Waals surface area contributed by atoms with Crippen LogP contribution in [0.1, 0.15) is 5.56 Å². The topological polar surface area (TPSA) is 98.5 Å². The van der Waals surface area contributed by atoms with Crippen LogP contribution in [0.2, 0.25) is 5.02 Å². The van der Waals surface area contributed by atoms with E-state index in [0.717, 1.165) is 6.07 Å². The lowest BCUT2D eigenvalue weighted by Gasteiger charge is -2.08. The number of amides is 1. The van der Waals surface area contributed by atoms with Crippen LogP contribution < -0.4 is 5.32 Å². The normalized spacial score (nSPS) is 10.2. The van der Waals surface area contributed by atoms with Gasteiger partial charge in [-0.3, -0.25) is 19.7 Å². The summed E-state index contributed by atoms with van der Waals surface area (Å²) in [5.74, 6) is -1.84. The maximum atomic E-state index is 13.0. The molecule has 0 unspecified atom stereocenters. The fourth-order valence-corrected chi connectivity index (χ4v) is 2.14. The van der Waals surface area contributed by atoms with E-state index in [4.69, 9.17) is 16.3 Å². The van der Waals surface area contributed by atoms with Crippen molar-refractivity contribution in [2.45, 2.75) is 6.42 Å². The number of benzene rings is 2. The molecule has 2 aromatic carbocycles. The Balaban J connectivity index is 1.86. The van der Waals surface area contributed by atoms with Crippen molar-refractivity contribution in [3.05, 3.63) is 69.0 Å². The van der Waals surface area contributed by atoms with Crippen molar-refractivity contribution >= 4 is 34.9 Å². The number of esters is 1. The summed E-state index contributed by atoms with van der Waals surface area (Å²) >= 11 is 5.84. The standard InChI is InChI=1S/C16H12ClFN2O5/c17-13-8-12(20(23)24)4-5-14(13)19-15(21)9-25-16(22)7-10-2-1-3-11(18)6-10/h1-6,8H,7,9H2,(H,19,21). The van der Waals surface area contributed by atoms with Crippen molar-refractivity contribution in [1.29, 1.82) is 0 Å². The number of rotatable bonds is 6. The highest BCUT2D eigenvalue weighted by Crippen LogP contribution is 2.26. The average molecular weight is 367 g/mol. The molecule has 0 fully saturated rings. The SMILES string of the molecule is O=C(COC(=O)Cc1cccc(F)c1)Nc1ccc([N+](=O)[O-])cc1Cl. The number of nitrogens with zero attached hydrogens (tertiary/aromatic N) is 1. The molecular weight excluding hydrogens is 355 g/mol. The molecule has 0 heterocycles. The van der Waals surface area contributed by atoms with Crippen molar-refractivity contribution in [3.63, 3.8) is 0 Å². The van der Waals surface area contributed by atoms with Crippen LogP contribution in [-0.4, -0.2) is 23.4 Å². The number of nitrogens with one attached hydrogen (secondary N) is 1. The molecule has 2 rings (SSSR count). The lowest BCUT2D eigenvalue weighted by molar-refractivity contribution is -0.384. The first kappa shape index (κ1) is 18.3. The highest BCUT2D eigenvalue weighted by atomic mass is 35.5. The molecule has 25 heavy (non-hydrogen) atoms. The molecule has 130 valence electrons. The second-order valence-corrected chi connectivity index (χ2v) is 5.34. The van der Waals surface area contributed by atoms with Gasteiger partial charge in [0.25, 0.3) is 11.6 Å². The number of non-ortho nitro benzene ring substituents is 1. The highest BCUT2D eigenvalue weighted by Gasteiger charge is 2.13. The number of hydrogen-bond acceptors (Lipinski definition) is 5. The van der Waals surface area contributed by atoms with E-state index in [9.17, 15) is 24.1 Å². The highest BCUT2D eigenvalue weighted by molar-refractivity contribution is 6.34. The van der Waals surface area contributed by atoms with E-state index < -0.39 is 29.2 Å². The van der Waals surface area contributed by atoms with E-state index in [1.54, 1.807) is 6.07 Å². The zero-order valence-electron chi connectivity index (χ0n) is 12.7. The van der Waals surface area contributed by atoms with Crippen molar-refractivity contribution in [3.8, 4) is 0 Å². The molecule has 0 saturated heterocycles. The maximum Gasteiger partial charge on any atom is 0.310 e. The van der Waals surface area contributed by atoms with Crippen LogP contribution in [0.25, 0.3) is 0 Å². The Hall–Kier alpha value is -3.00. The number of anilines is 1. The van der Waals surface area contributed by atoms with E-state index in [2.05, 4.69) is 5.32 Å². The van der Waals surface area contributed by atoms with Gasteiger partial charge in [-0.25, -0.2) is 4.39 Å². The van der Waals surface area contributed by atoms with Gasteiger partial charge in [-0.15, -0.1) is 0 Å². The van der Waals surface area contributed by atoms with E-state index in [0.29, 0.717) is 5.56 Å². The van der Waals surface area contributed by atoms with Crippen LogP contribution in [0, 0.1) is 15.9 Å². The number of hydrogen-bond donors (Lipinski definition) is 1. The maximum absolute atomic E-state index is 13.0. The second-order valence-electron chi connectivity index (χ2n) is 4.94. The van der Waals surface area contributed by atoms with Gasteiger partial charge in [0, 0.05) is 12.1 Å². The zero-order valence-corrected chi connectivity index (χ0v) is 13.5. The lowest BCUT2D eigenvalue weighted by atomic mass is 10.1. The molecule has 0 aromatic heterocycles. The first-order chi connectivity index (χ1) is 11.8. The molecule has 0 saturated carbocycles. The number of nitro groups is 1. The van der Waals surface area contributed by atoms with Gasteiger partial charge < -0.3 is 10.1 Å². The van der Waals surface area contributed by atoms with Crippen molar-refractivity contribution in [1.82, 2.24) is 0 Å². The summed E-state index contributed by atoms with van der Waals surface area (Å²) in [5, 5.41) is 13.0. The van der Waals surface area contributed by atoms with Crippen LogP contribution in [0.15, 0.2) is 42.5 Å². The van der Waals surface area contributed by atoms with Crippen LogP contribution in [0.4, 0.5) is 15.8 Å². The average Bonchev–Trinajstić information content (AvgIpc) is 2.54. The van der Waals surface area contributed by atoms with Crippen LogP contribution in [0.5, 0.6) is 0 Å². The Bertz CT molecular complexity index is 828. The van der Waals surface area contributed by atoms with Gasteiger partial charge in [0.1, 0.15) is 5.82 Å². The van der Waals surface area contributed by atoms with Gasteiger partial charge in [0.05, 0.1) is 22.1 Å². The van der Waals surface area contributed by atoms with Crippen LogP contribution in [0.3, 0.4) is 0 Å². The largest absolute Gasteiger partial charge is 0.455 e. The fraction of sp³-hybridized carbons (Fsp3) is 0.125. The van der Waals surface area contributed by atoms with Gasteiger partial charge in [0.2, 0.25) is 0 Å². The van der Waals surface area contributed by atoms with Crippen LogP contribution in [-0.2, 0) is 20.7 Å². The number of halogens is 2. The minimum Gasteiger partial charge on any atom is -0.455 e. The number of nitro benzene ring substituents is 1. The second kappa shape index (κ2) is 8.20. The third-order valence-electron chi connectivity index (χ3n) is 3.04. The first-order valence-corrected chi connectivity index (χ1v) is 7.37. The van der Waals surface area contributed by atoms with Crippen molar-refractivity contribution in [2.24, 2.45) is 0 Å². The summed E-state index contributed by atoms with van der Waals surface area (Å²) < 4.78 is 17.8. The van der Waals surface area contributed by atoms with Crippen molar-refractivity contribution < 1.29 is 23.6 Å². The number of carbonyl (C=O) groups is 2. The number of ether oxygens (including phenoxy) is 1. The Morgan fingerprint density at radius 2 is 2.00 bits per heavy atom. The van der Waals surface area contributed by atoms with E-state index >= 15 is 0 Å². The summed E-state index contributed by atoms with van der Waals surface area (Å²) in [6.45, 7) is -0.568. The van der Waals surface area contributed by atoms with Gasteiger partial charge in [-0.05, 0) is 23.8 Å². The Morgan fingerprint density at radius 1 is 1.24 bits per heavy atom. The molecule has 0 atom stereocenters. The van der Waals surface area contributed by atoms with E-state index in [1.807, 2.05) is 0 Å². The Kier molecular flexibility index (Phi) is 6.02. The molecule has 1 N–H and O–H groups in total. The molecule has 0 aliphatic heterocycles. The molecule has 0 radical (unpaired) electrons. The molecule has 0 spiro atoms. The van der Waals surface area contributed by atoms with Gasteiger partial charge in [0.15, 0.2) is 6.61 Å². The molecule has 9 heteroatoms. The molecule has 0 bridgehead atoms. The van der Waals surface area contributed by atoms with E-state index in [1.165, 1.54) is 30.3 Å². The summed E-state index contributed by atoms with van der Waals surface area (Å²) in [6, 6.07) is 8.99. The molecule has 7 nitrogen and oxygen atoms in total. The Labute approximate surface area is 146 Å². The molecule has 0 aliphatic carbocycles. The van der Waals surface area contributed by atoms with E-state index in [-0.39, 0.29) is 22.8 Å². The predicted molar refractivity (Wildman–Crippen MR) is 87.8 cm³/mol. The predicted octanol–water partition coefficient (Wildman–Crippen LogP) is 3.11.